The van der Waals surface area contributed by atoms with Crippen molar-refractivity contribution >= 4 is 12.2 Å². The lowest BCUT2D eigenvalue weighted by atomic mass is 9.83. The van der Waals surface area contributed by atoms with E-state index in [0.29, 0.717) is 6.42 Å². The van der Waals surface area contributed by atoms with Crippen molar-refractivity contribution in [2.24, 2.45) is 0 Å². The fraction of sp³-hybridized carbons (Fsp3) is 0.840. The Morgan fingerprint density at radius 1 is 0.912 bits per heavy atom. The molecule has 3 rings (SSSR count). The molecule has 9 nitrogen and oxygen atoms in total. The van der Waals surface area contributed by atoms with Crippen LogP contribution in [0.15, 0.2) is 0 Å². The van der Waals surface area contributed by atoms with Crippen molar-refractivity contribution in [3.63, 3.8) is 0 Å². The maximum absolute atomic E-state index is 12.7. The molecule has 0 unspecified atom stereocenters. The van der Waals surface area contributed by atoms with Gasteiger partial charge in [0.15, 0.2) is 5.79 Å². The van der Waals surface area contributed by atoms with Crippen LogP contribution in [0.3, 0.4) is 0 Å². The van der Waals surface area contributed by atoms with E-state index < -0.39 is 59.6 Å². The zero-order valence-corrected chi connectivity index (χ0v) is 21.3. The third-order valence-electron chi connectivity index (χ3n) is 6.03. The smallest absolute Gasteiger partial charge is 0.407 e. The summed E-state index contributed by atoms with van der Waals surface area (Å²) in [5.41, 5.74) is -1.31. The monoisotopic (exact) mass is 480 g/mol. The molecule has 2 N–H and O–H groups in total. The fourth-order valence-corrected chi connectivity index (χ4v) is 4.88. The largest absolute Gasteiger partial charge is 0.444 e. The summed E-state index contributed by atoms with van der Waals surface area (Å²) >= 11 is 0. The highest BCUT2D eigenvalue weighted by atomic mass is 16.8. The molecule has 2 amide bonds. The van der Waals surface area contributed by atoms with E-state index >= 15 is 0 Å². The van der Waals surface area contributed by atoms with Crippen LogP contribution in [0.25, 0.3) is 0 Å². The second-order valence-electron chi connectivity index (χ2n) is 11.4. The summed E-state index contributed by atoms with van der Waals surface area (Å²) in [5.74, 6) is 1.77. The number of rotatable bonds is 4. The van der Waals surface area contributed by atoms with Crippen molar-refractivity contribution in [2.45, 2.75) is 127 Å². The molecule has 0 radical (unpaired) electrons. The Morgan fingerprint density at radius 2 is 1.44 bits per heavy atom. The summed E-state index contributed by atoms with van der Waals surface area (Å²) in [6, 6.07) is -0.987. The van der Waals surface area contributed by atoms with E-state index in [1.165, 1.54) is 0 Å². The summed E-state index contributed by atoms with van der Waals surface area (Å²) in [5, 5.41) is 5.85. The molecule has 2 aliphatic carbocycles. The molecule has 3 aliphatic rings. The lowest BCUT2D eigenvalue weighted by Gasteiger charge is -2.42. The Balaban J connectivity index is 1.85. The van der Waals surface area contributed by atoms with Crippen LogP contribution in [0, 0.1) is 12.3 Å². The highest BCUT2D eigenvalue weighted by Crippen LogP contribution is 2.45. The maximum Gasteiger partial charge on any atom is 0.407 e. The average Bonchev–Trinajstić information content (AvgIpc) is 3.04. The lowest BCUT2D eigenvalue weighted by molar-refractivity contribution is -0.201. The molecule has 1 heterocycles. The molecule has 5 atom stereocenters. The number of terminal acetylenes is 1. The fourth-order valence-electron chi connectivity index (χ4n) is 4.88. The summed E-state index contributed by atoms with van der Waals surface area (Å²) in [4.78, 5) is 25.3. The zero-order chi connectivity index (χ0) is 25.1. The Hall–Kier alpha value is -2.02. The van der Waals surface area contributed by atoms with Gasteiger partial charge in [-0.05, 0) is 60.8 Å². The summed E-state index contributed by atoms with van der Waals surface area (Å²) in [6.45, 7) is 10.9. The molecule has 0 aromatic carbocycles. The minimum atomic E-state index is -0.722. The quantitative estimate of drug-likeness (QED) is 0.592. The van der Waals surface area contributed by atoms with Crippen LogP contribution in [0.5, 0.6) is 0 Å². The molecule has 2 saturated carbocycles. The average molecular weight is 481 g/mol. The van der Waals surface area contributed by atoms with Gasteiger partial charge < -0.3 is 34.3 Å². The third-order valence-corrected chi connectivity index (χ3v) is 6.03. The first-order valence-corrected chi connectivity index (χ1v) is 12.2. The Labute approximate surface area is 202 Å². The molecule has 9 heteroatoms. The molecule has 192 valence electrons. The van der Waals surface area contributed by atoms with Crippen LogP contribution < -0.4 is 10.6 Å². The Kier molecular flexibility index (Phi) is 8.06. The van der Waals surface area contributed by atoms with E-state index in [9.17, 15) is 9.59 Å². The van der Waals surface area contributed by atoms with E-state index in [0.717, 1.165) is 32.1 Å². The number of amides is 2. The second kappa shape index (κ2) is 10.3. The van der Waals surface area contributed by atoms with Gasteiger partial charge in [0.25, 0.3) is 0 Å². The van der Waals surface area contributed by atoms with Gasteiger partial charge in [-0.3, -0.25) is 0 Å². The molecule has 0 bridgehead atoms. The highest BCUT2D eigenvalue weighted by Gasteiger charge is 2.58. The lowest BCUT2D eigenvalue weighted by Crippen LogP contribution is -2.64. The number of hydrogen-bond donors (Lipinski definition) is 2. The van der Waals surface area contributed by atoms with Crippen molar-refractivity contribution in [1.82, 2.24) is 10.6 Å². The summed E-state index contributed by atoms with van der Waals surface area (Å²) in [6.07, 6.45) is 7.79. The van der Waals surface area contributed by atoms with Crippen LogP contribution in [0.1, 0.15) is 80.1 Å². The van der Waals surface area contributed by atoms with Crippen molar-refractivity contribution in [1.29, 1.82) is 0 Å². The number of fused-ring (bicyclic) bond motifs is 1. The second-order valence-corrected chi connectivity index (χ2v) is 11.4. The first-order chi connectivity index (χ1) is 15.8. The van der Waals surface area contributed by atoms with Gasteiger partial charge in [-0.2, -0.15) is 0 Å². The maximum atomic E-state index is 12.7. The van der Waals surface area contributed by atoms with Crippen LogP contribution in [0.4, 0.5) is 9.59 Å². The van der Waals surface area contributed by atoms with Gasteiger partial charge in [0.2, 0.25) is 0 Å². The number of hydrogen-bond acceptors (Lipinski definition) is 7. The topological polar surface area (TPSA) is 104 Å². The van der Waals surface area contributed by atoms with Gasteiger partial charge in [0.05, 0.1) is 12.1 Å². The molecular formula is C25H40N2O7. The Bertz CT molecular complexity index is 774. The molecule has 0 aromatic rings. The van der Waals surface area contributed by atoms with E-state index in [2.05, 4.69) is 16.6 Å². The highest BCUT2D eigenvalue weighted by molar-refractivity contribution is 5.69. The third kappa shape index (κ3) is 7.00. The zero-order valence-electron chi connectivity index (χ0n) is 21.3. The van der Waals surface area contributed by atoms with Crippen molar-refractivity contribution < 1.29 is 33.3 Å². The Morgan fingerprint density at radius 3 is 1.97 bits per heavy atom. The van der Waals surface area contributed by atoms with Crippen LogP contribution >= 0.6 is 0 Å². The van der Waals surface area contributed by atoms with E-state index in [-0.39, 0.29) is 6.61 Å². The molecule has 3 fully saturated rings. The van der Waals surface area contributed by atoms with Crippen LogP contribution in [-0.2, 0) is 23.7 Å². The SMILES string of the molecule is C#CCO[C@H]1[C@@H]2OC3(CCCCC3)O[C@H]2[C@H](NC(=O)OC(C)(C)C)C[C@@H]1NC(=O)OC(C)(C)C. The van der Waals surface area contributed by atoms with E-state index in [1.54, 1.807) is 41.5 Å². The number of carbonyl (C=O) groups excluding carboxylic acids is 2. The van der Waals surface area contributed by atoms with E-state index in [1.807, 2.05) is 0 Å². The van der Waals surface area contributed by atoms with Gasteiger partial charge in [0, 0.05) is 12.8 Å². The van der Waals surface area contributed by atoms with Gasteiger partial charge in [-0.1, -0.05) is 12.3 Å². The minimum Gasteiger partial charge on any atom is -0.444 e. The first-order valence-electron chi connectivity index (χ1n) is 12.2. The number of nitrogens with one attached hydrogen (secondary N) is 2. The van der Waals surface area contributed by atoms with Gasteiger partial charge in [-0.15, -0.1) is 6.42 Å². The normalized spacial score (nSPS) is 30.7. The summed E-state index contributed by atoms with van der Waals surface area (Å²) < 4.78 is 30.0. The van der Waals surface area contributed by atoms with Crippen LogP contribution in [-0.4, -0.2) is 66.2 Å². The number of ether oxygens (including phenoxy) is 5. The van der Waals surface area contributed by atoms with Gasteiger partial charge >= 0.3 is 12.2 Å². The van der Waals surface area contributed by atoms with Crippen LogP contribution in [0.2, 0.25) is 0 Å². The van der Waals surface area contributed by atoms with Gasteiger partial charge in [-0.25, -0.2) is 9.59 Å². The predicted octanol–water partition coefficient (Wildman–Crippen LogP) is 3.64. The number of carbonyl (C=O) groups is 2. The molecular weight excluding hydrogens is 440 g/mol. The van der Waals surface area contributed by atoms with Crippen molar-refractivity contribution in [3.05, 3.63) is 0 Å². The first kappa shape index (κ1) is 26.6. The summed E-state index contributed by atoms with van der Waals surface area (Å²) in [7, 11) is 0. The van der Waals surface area contributed by atoms with Crippen molar-refractivity contribution in [3.8, 4) is 12.3 Å². The standard InChI is InChI=1S/C25H40N2O7/c1-8-14-30-18-16(26-21(28)33-23(2,3)4)15-17(27-22(29)34-24(5,6)7)19-20(18)32-25(31-19)12-10-9-11-13-25/h1,16-20H,9-15H2,2-7H3,(H,26,28)(H,27,29)/t16-,17+,18+,19-,20-/m0/s1. The van der Waals surface area contributed by atoms with Gasteiger partial charge in [0.1, 0.15) is 36.1 Å². The van der Waals surface area contributed by atoms with E-state index in [4.69, 9.17) is 30.1 Å². The minimum absolute atomic E-state index is 0.0565. The molecule has 1 aliphatic heterocycles. The number of alkyl carbamates (subject to hydrolysis) is 2. The predicted molar refractivity (Wildman–Crippen MR) is 125 cm³/mol. The molecule has 0 aromatic heterocycles. The van der Waals surface area contributed by atoms with Crippen molar-refractivity contribution in [2.75, 3.05) is 6.61 Å². The molecule has 1 spiro atoms. The molecule has 34 heavy (non-hydrogen) atoms. The molecule has 1 saturated heterocycles.